The zero-order chi connectivity index (χ0) is 17.1. The molecule has 22 heavy (non-hydrogen) atoms. The Bertz CT molecular complexity index is 647. The number of rotatable bonds is 6. The number of carbonyl (C=O) groups excluding carboxylic acids is 1. The van der Waals surface area contributed by atoms with Crippen molar-refractivity contribution in [1.29, 1.82) is 0 Å². The first-order valence-electron chi connectivity index (χ1n) is 6.74. The predicted molar refractivity (Wildman–Crippen MR) is 91.1 cm³/mol. The van der Waals surface area contributed by atoms with Crippen molar-refractivity contribution in [3.63, 3.8) is 0 Å². The van der Waals surface area contributed by atoms with E-state index in [4.69, 9.17) is 23.2 Å². The maximum atomic E-state index is 12.1. The number of anilines is 1. The van der Waals surface area contributed by atoms with Crippen LogP contribution in [-0.4, -0.2) is 33.2 Å². The fourth-order valence-electron chi connectivity index (χ4n) is 1.65. The van der Waals surface area contributed by atoms with E-state index in [1.54, 1.807) is 6.07 Å². The Morgan fingerprint density at radius 3 is 2.36 bits per heavy atom. The third-order valence-corrected chi connectivity index (χ3v) is 4.93. The van der Waals surface area contributed by atoms with Gasteiger partial charge in [-0.25, -0.2) is 8.42 Å². The van der Waals surface area contributed by atoms with E-state index in [0.717, 1.165) is 10.6 Å². The van der Waals surface area contributed by atoms with E-state index in [0.29, 0.717) is 5.02 Å². The van der Waals surface area contributed by atoms with Crippen molar-refractivity contribution in [2.24, 2.45) is 5.92 Å². The summed E-state index contributed by atoms with van der Waals surface area (Å²) in [4.78, 5) is 12.1. The second kappa shape index (κ2) is 7.53. The van der Waals surface area contributed by atoms with Gasteiger partial charge in [-0.2, -0.15) is 0 Å². The fourth-order valence-corrected chi connectivity index (χ4v) is 2.95. The standard InChI is InChI=1S/C14H20Cl2N2O3S/c1-9(2)10(3)17-14(19)8-18(22(4,20)21)13-7-11(15)5-6-12(13)16/h5-7,9-10H,8H2,1-4H3,(H,17,19)/t10-/m0/s1. The van der Waals surface area contributed by atoms with Crippen LogP contribution in [0.4, 0.5) is 5.69 Å². The summed E-state index contributed by atoms with van der Waals surface area (Å²) in [6.45, 7) is 5.44. The Hall–Kier alpha value is -0.980. The third kappa shape index (κ3) is 5.34. The normalized spacial score (nSPS) is 13.0. The molecule has 0 aliphatic carbocycles. The SMILES string of the molecule is CC(C)[C@H](C)NC(=O)CN(c1cc(Cl)ccc1Cl)S(C)(=O)=O. The van der Waals surface area contributed by atoms with Gasteiger partial charge in [-0.15, -0.1) is 0 Å². The molecule has 0 aliphatic heterocycles. The Morgan fingerprint density at radius 1 is 1.27 bits per heavy atom. The minimum absolute atomic E-state index is 0.0660. The number of amides is 1. The molecule has 0 saturated carbocycles. The number of carbonyl (C=O) groups is 1. The van der Waals surface area contributed by atoms with Crippen LogP contribution in [0.25, 0.3) is 0 Å². The molecule has 124 valence electrons. The molecule has 1 atom stereocenters. The molecule has 0 aromatic heterocycles. The van der Waals surface area contributed by atoms with Crippen LogP contribution >= 0.6 is 23.2 Å². The summed E-state index contributed by atoms with van der Waals surface area (Å²) >= 11 is 11.9. The molecule has 0 radical (unpaired) electrons. The summed E-state index contributed by atoms with van der Waals surface area (Å²) < 4.78 is 24.9. The Morgan fingerprint density at radius 2 is 1.86 bits per heavy atom. The lowest BCUT2D eigenvalue weighted by atomic mass is 10.1. The van der Waals surface area contributed by atoms with Crippen LogP contribution in [0.5, 0.6) is 0 Å². The zero-order valence-corrected chi connectivity index (χ0v) is 15.3. The fraction of sp³-hybridized carbons (Fsp3) is 0.500. The van der Waals surface area contributed by atoms with E-state index in [1.807, 2.05) is 20.8 Å². The highest BCUT2D eigenvalue weighted by atomic mass is 35.5. The molecule has 0 heterocycles. The molecule has 0 unspecified atom stereocenters. The lowest BCUT2D eigenvalue weighted by Crippen LogP contribution is -2.44. The highest BCUT2D eigenvalue weighted by Gasteiger charge is 2.24. The number of benzene rings is 1. The first-order valence-corrected chi connectivity index (χ1v) is 9.35. The number of nitrogens with one attached hydrogen (secondary N) is 1. The largest absolute Gasteiger partial charge is 0.352 e. The van der Waals surface area contributed by atoms with E-state index in [1.165, 1.54) is 12.1 Å². The zero-order valence-electron chi connectivity index (χ0n) is 12.9. The van der Waals surface area contributed by atoms with Gasteiger partial charge in [0, 0.05) is 11.1 Å². The van der Waals surface area contributed by atoms with Crippen LogP contribution in [0.2, 0.25) is 10.0 Å². The summed E-state index contributed by atoms with van der Waals surface area (Å²) in [5.74, 6) is -0.159. The minimum atomic E-state index is -3.68. The highest BCUT2D eigenvalue weighted by Crippen LogP contribution is 2.30. The van der Waals surface area contributed by atoms with Gasteiger partial charge in [0.2, 0.25) is 15.9 Å². The van der Waals surface area contributed by atoms with Crippen LogP contribution < -0.4 is 9.62 Å². The molecule has 0 bridgehead atoms. The molecule has 1 aromatic carbocycles. The van der Waals surface area contributed by atoms with Gasteiger partial charge in [0.1, 0.15) is 6.54 Å². The molecule has 0 saturated heterocycles. The van der Waals surface area contributed by atoms with Crippen molar-refractivity contribution in [1.82, 2.24) is 5.32 Å². The molecular weight excluding hydrogens is 347 g/mol. The van der Waals surface area contributed by atoms with Gasteiger partial charge in [0.25, 0.3) is 0 Å². The van der Waals surface area contributed by atoms with Crippen LogP contribution in [0.15, 0.2) is 18.2 Å². The number of halogens is 2. The van der Waals surface area contributed by atoms with Gasteiger partial charge in [-0.3, -0.25) is 9.10 Å². The molecule has 1 aromatic rings. The van der Waals surface area contributed by atoms with Crippen molar-refractivity contribution in [3.05, 3.63) is 28.2 Å². The van der Waals surface area contributed by atoms with Gasteiger partial charge in [0.15, 0.2) is 0 Å². The number of sulfonamides is 1. The summed E-state index contributed by atoms with van der Waals surface area (Å²) in [6.07, 6.45) is 1.02. The van der Waals surface area contributed by atoms with Gasteiger partial charge >= 0.3 is 0 Å². The first-order chi connectivity index (χ1) is 10.0. The Labute approximate surface area is 141 Å². The number of hydrogen-bond donors (Lipinski definition) is 1. The van der Waals surface area contributed by atoms with Crippen molar-refractivity contribution in [2.75, 3.05) is 17.1 Å². The van der Waals surface area contributed by atoms with Crippen LogP contribution in [0, 0.1) is 5.92 Å². The van der Waals surface area contributed by atoms with Gasteiger partial charge in [0.05, 0.1) is 17.0 Å². The Balaban J connectivity index is 3.06. The van der Waals surface area contributed by atoms with E-state index in [9.17, 15) is 13.2 Å². The summed E-state index contributed by atoms with van der Waals surface area (Å²) in [6, 6.07) is 4.40. The van der Waals surface area contributed by atoms with Crippen molar-refractivity contribution >= 4 is 44.8 Å². The minimum Gasteiger partial charge on any atom is -0.352 e. The van der Waals surface area contributed by atoms with E-state index in [-0.39, 0.29) is 29.2 Å². The molecule has 8 heteroatoms. The van der Waals surface area contributed by atoms with Crippen molar-refractivity contribution in [2.45, 2.75) is 26.8 Å². The van der Waals surface area contributed by atoms with Crippen molar-refractivity contribution in [3.8, 4) is 0 Å². The van der Waals surface area contributed by atoms with Gasteiger partial charge in [-0.05, 0) is 31.0 Å². The number of hydrogen-bond acceptors (Lipinski definition) is 3. The van der Waals surface area contributed by atoms with Gasteiger partial charge < -0.3 is 5.32 Å². The first kappa shape index (κ1) is 19.1. The molecule has 1 N–H and O–H groups in total. The number of nitrogens with zero attached hydrogens (tertiary/aromatic N) is 1. The van der Waals surface area contributed by atoms with Crippen molar-refractivity contribution < 1.29 is 13.2 Å². The van der Waals surface area contributed by atoms with Gasteiger partial charge in [-0.1, -0.05) is 37.0 Å². The van der Waals surface area contributed by atoms with Crippen LogP contribution in [-0.2, 0) is 14.8 Å². The van der Waals surface area contributed by atoms with Crippen LogP contribution in [0.3, 0.4) is 0 Å². The summed E-state index contributed by atoms with van der Waals surface area (Å²) in [5.41, 5.74) is 0.184. The average Bonchev–Trinajstić information content (AvgIpc) is 2.37. The lowest BCUT2D eigenvalue weighted by Gasteiger charge is -2.25. The van der Waals surface area contributed by atoms with E-state index < -0.39 is 15.9 Å². The van der Waals surface area contributed by atoms with E-state index >= 15 is 0 Å². The second-order valence-electron chi connectivity index (χ2n) is 5.47. The maximum Gasteiger partial charge on any atom is 0.240 e. The molecule has 0 aliphatic rings. The molecule has 1 amide bonds. The average molecular weight is 367 g/mol. The quantitative estimate of drug-likeness (QED) is 0.841. The molecule has 1 rings (SSSR count). The second-order valence-corrected chi connectivity index (χ2v) is 8.22. The smallest absolute Gasteiger partial charge is 0.240 e. The predicted octanol–water partition coefficient (Wildman–Crippen LogP) is 2.92. The van der Waals surface area contributed by atoms with Crippen LogP contribution in [0.1, 0.15) is 20.8 Å². The summed E-state index contributed by atoms with van der Waals surface area (Å²) in [5, 5.41) is 3.31. The maximum absolute atomic E-state index is 12.1. The third-order valence-electron chi connectivity index (χ3n) is 3.25. The molecule has 0 spiro atoms. The topological polar surface area (TPSA) is 66.5 Å². The monoisotopic (exact) mass is 366 g/mol. The molecular formula is C14H20Cl2N2O3S. The molecule has 0 fully saturated rings. The van der Waals surface area contributed by atoms with E-state index in [2.05, 4.69) is 5.32 Å². The molecule has 5 nitrogen and oxygen atoms in total. The summed E-state index contributed by atoms with van der Waals surface area (Å²) in [7, 11) is -3.68. The Kier molecular flexibility index (Phi) is 6.52. The lowest BCUT2D eigenvalue weighted by molar-refractivity contribution is -0.120. The highest BCUT2D eigenvalue weighted by molar-refractivity contribution is 7.92.